The predicted molar refractivity (Wildman–Crippen MR) is 103 cm³/mol. The maximum atomic E-state index is 13.0. The zero-order valence-corrected chi connectivity index (χ0v) is 15.7. The number of halogens is 1. The normalized spacial score (nSPS) is 10.9. The van der Waals surface area contributed by atoms with Crippen molar-refractivity contribution in [2.24, 2.45) is 0 Å². The van der Waals surface area contributed by atoms with Crippen LogP contribution < -0.4 is 0 Å². The van der Waals surface area contributed by atoms with Gasteiger partial charge < -0.3 is 4.52 Å². The summed E-state index contributed by atoms with van der Waals surface area (Å²) in [5.74, 6) is 0.957. The molecule has 0 unspecified atom stereocenters. The molecule has 10 heteroatoms. The lowest BCUT2D eigenvalue weighted by molar-refractivity contribution is -0.384. The van der Waals surface area contributed by atoms with Crippen molar-refractivity contribution < 1.29 is 13.8 Å². The Balaban J connectivity index is 1.41. The van der Waals surface area contributed by atoms with Crippen molar-refractivity contribution in [3.8, 4) is 22.6 Å². The van der Waals surface area contributed by atoms with Gasteiger partial charge in [-0.1, -0.05) is 16.9 Å². The Morgan fingerprint density at radius 1 is 1.07 bits per heavy atom. The molecule has 0 spiro atoms. The molecule has 4 aromatic rings. The number of aromatic nitrogens is 3. The van der Waals surface area contributed by atoms with E-state index in [1.54, 1.807) is 24.3 Å². The van der Waals surface area contributed by atoms with E-state index in [0.29, 0.717) is 23.0 Å². The predicted octanol–water partition coefficient (Wildman–Crippen LogP) is 5.20. The topological polar surface area (TPSA) is 95.0 Å². The molecule has 0 saturated heterocycles. The molecular formula is C18H11FN4O3S2. The number of rotatable bonds is 6. The molecule has 0 aliphatic carbocycles. The highest BCUT2D eigenvalue weighted by Gasteiger charge is 2.12. The average molecular weight is 414 g/mol. The van der Waals surface area contributed by atoms with Crippen LogP contribution in [0.3, 0.4) is 0 Å². The van der Waals surface area contributed by atoms with Gasteiger partial charge in [-0.2, -0.15) is 4.98 Å². The van der Waals surface area contributed by atoms with Gasteiger partial charge in [0.2, 0.25) is 11.7 Å². The standard InChI is InChI=1S/C18H11FN4O3S2/c19-13-5-1-11(2-6-13)15-9-27-18(20-15)28-10-16-21-17(22-26-16)12-3-7-14(8-4-12)23(24)25/h1-9H,10H2. The Bertz CT molecular complexity index is 1110. The van der Waals surface area contributed by atoms with Crippen molar-refractivity contribution in [1.29, 1.82) is 0 Å². The van der Waals surface area contributed by atoms with Crippen molar-refractivity contribution in [2.75, 3.05) is 0 Å². The van der Waals surface area contributed by atoms with Gasteiger partial charge in [-0.15, -0.1) is 11.3 Å². The van der Waals surface area contributed by atoms with Gasteiger partial charge in [0.25, 0.3) is 5.69 Å². The number of thioether (sulfide) groups is 1. The molecule has 0 bridgehead atoms. The highest BCUT2D eigenvalue weighted by Crippen LogP contribution is 2.30. The molecule has 2 aromatic heterocycles. The lowest BCUT2D eigenvalue weighted by atomic mass is 10.2. The first kappa shape index (κ1) is 18.3. The van der Waals surface area contributed by atoms with Gasteiger partial charge in [0.1, 0.15) is 5.82 Å². The second-order valence-electron chi connectivity index (χ2n) is 5.61. The van der Waals surface area contributed by atoms with Gasteiger partial charge in [-0.05, 0) is 36.4 Å². The van der Waals surface area contributed by atoms with Crippen LogP contribution in [-0.2, 0) is 5.75 Å². The minimum atomic E-state index is -0.462. The van der Waals surface area contributed by atoms with Crippen molar-refractivity contribution in [2.45, 2.75) is 10.1 Å². The van der Waals surface area contributed by atoms with Crippen LogP contribution in [0.5, 0.6) is 0 Å². The fraction of sp³-hybridized carbons (Fsp3) is 0.0556. The van der Waals surface area contributed by atoms with Crippen LogP contribution in [0.4, 0.5) is 10.1 Å². The first-order valence-electron chi connectivity index (χ1n) is 8.00. The Morgan fingerprint density at radius 3 is 2.50 bits per heavy atom. The summed E-state index contributed by atoms with van der Waals surface area (Å²) in [5, 5.41) is 16.5. The van der Waals surface area contributed by atoms with Gasteiger partial charge in [0.05, 0.1) is 16.4 Å². The Hall–Kier alpha value is -3.11. The third-order valence-corrected chi connectivity index (χ3v) is 5.75. The van der Waals surface area contributed by atoms with E-state index < -0.39 is 4.92 Å². The van der Waals surface area contributed by atoms with E-state index in [9.17, 15) is 14.5 Å². The van der Waals surface area contributed by atoms with E-state index in [4.69, 9.17) is 4.52 Å². The maximum Gasteiger partial charge on any atom is 0.269 e. The van der Waals surface area contributed by atoms with Gasteiger partial charge in [0.15, 0.2) is 4.34 Å². The number of nitro groups is 1. The Kier molecular flexibility index (Phi) is 5.13. The highest BCUT2D eigenvalue weighted by atomic mass is 32.2. The molecule has 7 nitrogen and oxygen atoms in total. The van der Waals surface area contributed by atoms with Crippen LogP contribution in [0.15, 0.2) is 62.8 Å². The average Bonchev–Trinajstić information content (AvgIpc) is 3.37. The van der Waals surface area contributed by atoms with Crippen LogP contribution in [-0.4, -0.2) is 20.0 Å². The van der Waals surface area contributed by atoms with Gasteiger partial charge in [-0.25, -0.2) is 9.37 Å². The minimum Gasteiger partial charge on any atom is -0.338 e. The summed E-state index contributed by atoms with van der Waals surface area (Å²) in [5.41, 5.74) is 2.27. The molecule has 0 N–H and O–H groups in total. The molecule has 4 rings (SSSR count). The quantitative estimate of drug-likeness (QED) is 0.243. The summed E-state index contributed by atoms with van der Waals surface area (Å²) < 4.78 is 19.1. The molecule has 2 aromatic carbocycles. The number of nitrogens with zero attached hydrogens (tertiary/aromatic N) is 4. The molecule has 0 fully saturated rings. The zero-order valence-electron chi connectivity index (χ0n) is 14.1. The van der Waals surface area contributed by atoms with Gasteiger partial charge >= 0.3 is 0 Å². The van der Waals surface area contributed by atoms with E-state index in [0.717, 1.165) is 15.6 Å². The van der Waals surface area contributed by atoms with E-state index in [1.165, 1.54) is 47.4 Å². The van der Waals surface area contributed by atoms with Gasteiger partial charge in [0, 0.05) is 28.6 Å². The Labute approximate surface area is 166 Å². The third kappa shape index (κ3) is 4.07. The molecule has 140 valence electrons. The number of hydrogen-bond acceptors (Lipinski definition) is 8. The SMILES string of the molecule is O=[N+]([O-])c1ccc(-c2noc(CSc3nc(-c4ccc(F)cc4)cs3)n2)cc1. The summed E-state index contributed by atoms with van der Waals surface area (Å²) in [6.07, 6.45) is 0. The minimum absolute atomic E-state index is 0.00347. The number of hydrogen-bond donors (Lipinski definition) is 0. The first-order valence-corrected chi connectivity index (χ1v) is 9.87. The summed E-state index contributed by atoms with van der Waals surface area (Å²) in [6.45, 7) is 0. The lowest BCUT2D eigenvalue weighted by Gasteiger charge is -1.95. The van der Waals surface area contributed by atoms with E-state index >= 15 is 0 Å². The molecule has 0 amide bonds. The van der Waals surface area contributed by atoms with Crippen LogP contribution in [0.25, 0.3) is 22.6 Å². The van der Waals surface area contributed by atoms with Crippen molar-refractivity contribution in [1.82, 2.24) is 15.1 Å². The fourth-order valence-corrected chi connectivity index (χ4v) is 4.04. The molecule has 0 saturated carbocycles. The number of non-ortho nitro benzene ring substituents is 1. The Morgan fingerprint density at radius 2 is 1.79 bits per heavy atom. The molecule has 28 heavy (non-hydrogen) atoms. The molecule has 2 heterocycles. The first-order chi connectivity index (χ1) is 13.6. The highest BCUT2D eigenvalue weighted by molar-refractivity contribution is 8.00. The van der Waals surface area contributed by atoms with E-state index in [-0.39, 0.29) is 11.5 Å². The number of nitro benzene ring substituents is 1. The summed E-state index contributed by atoms with van der Waals surface area (Å²) in [6, 6.07) is 12.1. The zero-order chi connectivity index (χ0) is 19.5. The van der Waals surface area contributed by atoms with E-state index in [2.05, 4.69) is 15.1 Å². The van der Waals surface area contributed by atoms with Crippen LogP contribution >= 0.6 is 23.1 Å². The van der Waals surface area contributed by atoms with Crippen molar-refractivity contribution in [3.63, 3.8) is 0 Å². The molecular weight excluding hydrogens is 403 g/mol. The van der Waals surface area contributed by atoms with Crippen molar-refractivity contribution in [3.05, 3.63) is 75.7 Å². The molecule has 0 aliphatic heterocycles. The smallest absolute Gasteiger partial charge is 0.269 e. The number of benzene rings is 2. The second-order valence-corrected chi connectivity index (χ2v) is 7.69. The summed E-state index contributed by atoms with van der Waals surface area (Å²) >= 11 is 2.93. The lowest BCUT2D eigenvalue weighted by Crippen LogP contribution is -1.88. The molecule has 0 atom stereocenters. The van der Waals surface area contributed by atoms with Crippen LogP contribution in [0.2, 0.25) is 0 Å². The summed E-state index contributed by atoms with van der Waals surface area (Å²) in [4.78, 5) is 19.1. The number of thiazole rings is 1. The van der Waals surface area contributed by atoms with E-state index in [1.807, 2.05) is 5.38 Å². The monoisotopic (exact) mass is 414 g/mol. The largest absolute Gasteiger partial charge is 0.338 e. The van der Waals surface area contributed by atoms with Crippen LogP contribution in [0, 0.1) is 15.9 Å². The molecule has 0 aliphatic rings. The van der Waals surface area contributed by atoms with Crippen LogP contribution in [0.1, 0.15) is 5.89 Å². The van der Waals surface area contributed by atoms with Gasteiger partial charge in [-0.3, -0.25) is 10.1 Å². The second kappa shape index (κ2) is 7.87. The molecule has 0 radical (unpaired) electrons. The van der Waals surface area contributed by atoms with Crippen molar-refractivity contribution >= 4 is 28.8 Å². The third-order valence-electron chi connectivity index (χ3n) is 3.75. The summed E-state index contributed by atoms with van der Waals surface area (Å²) in [7, 11) is 0. The maximum absolute atomic E-state index is 13.0. The fourth-order valence-electron chi connectivity index (χ4n) is 2.36.